The first-order chi connectivity index (χ1) is 10.2. The third-order valence-corrected chi connectivity index (χ3v) is 3.43. The number of nitrogens with one attached hydrogen (secondary N) is 2. The van der Waals surface area contributed by atoms with Gasteiger partial charge in [0.1, 0.15) is 24.1 Å². The molecule has 0 spiro atoms. The van der Waals surface area contributed by atoms with Gasteiger partial charge in [-0.25, -0.2) is 10.9 Å². The van der Waals surface area contributed by atoms with Gasteiger partial charge in [0.05, 0.1) is 0 Å². The van der Waals surface area contributed by atoms with E-state index in [1.54, 1.807) is 13.0 Å². The minimum Gasteiger partial charge on any atom is -0.458 e. The smallest absolute Gasteiger partial charge is 0.324 e. The number of hydrazine groups is 1. The summed E-state index contributed by atoms with van der Waals surface area (Å²) < 4.78 is 10.2. The maximum absolute atomic E-state index is 12.0. The fourth-order valence-electron chi connectivity index (χ4n) is 2.35. The van der Waals surface area contributed by atoms with E-state index in [1.807, 2.05) is 30.3 Å². The topological polar surface area (TPSA) is 76.4 Å². The predicted octanol–water partition coefficient (Wildman–Crippen LogP) is 1.63. The molecular weight excluding hydrogens is 270 g/mol. The Hall–Kier alpha value is -2.18. The van der Waals surface area contributed by atoms with Gasteiger partial charge in [0.2, 0.25) is 0 Å². The van der Waals surface area contributed by atoms with Crippen molar-refractivity contribution in [3.8, 4) is 0 Å². The highest BCUT2D eigenvalue weighted by Gasteiger charge is 2.31. The molecule has 2 aromatic rings. The van der Waals surface area contributed by atoms with Crippen molar-refractivity contribution in [3.63, 3.8) is 0 Å². The summed E-state index contributed by atoms with van der Waals surface area (Å²) in [4.78, 5) is 12.0. The van der Waals surface area contributed by atoms with Crippen LogP contribution in [0, 0.1) is 6.92 Å². The second-order valence-corrected chi connectivity index (χ2v) is 5.08. The molecule has 1 aliphatic rings. The van der Waals surface area contributed by atoms with Gasteiger partial charge in [-0.05, 0) is 18.9 Å². The van der Waals surface area contributed by atoms with Crippen molar-refractivity contribution in [2.24, 2.45) is 0 Å². The van der Waals surface area contributed by atoms with Crippen molar-refractivity contribution in [2.45, 2.75) is 32.0 Å². The monoisotopic (exact) mass is 287 g/mol. The van der Waals surface area contributed by atoms with Crippen LogP contribution in [0.4, 0.5) is 0 Å². The Kier molecular flexibility index (Phi) is 3.98. The number of ether oxygens (including phenoxy) is 1. The Morgan fingerprint density at radius 3 is 2.90 bits per heavy atom. The number of hydrogen-bond donors (Lipinski definition) is 2. The number of nitrogens with zero attached hydrogens (tertiary/aromatic N) is 1. The van der Waals surface area contributed by atoms with Crippen LogP contribution in [0.25, 0.3) is 0 Å². The SMILES string of the molecule is Cc1cc(COC(=O)C2CC(c3ccccc3)NN2)no1. The molecule has 1 saturated heterocycles. The average molecular weight is 287 g/mol. The third-order valence-electron chi connectivity index (χ3n) is 3.43. The normalized spacial score (nSPS) is 21.4. The lowest BCUT2D eigenvalue weighted by atomic mass is 10.0. The maximum Gasteiger partial charge on any atom is 0.324 e. The van der Waals surface area contributed by atoms with E-state index < -0.39 is 0 Å². The van der Waals surface area contributed by atoms with E-state index in [-0.39, 0.29) is 24.7 Å². The summed E-state index contributed by atoms with van der Waals surface area (Å²) in [6.45, 7) is 1.93. The third kappa shape index (κ3) is 3.29. The predicted molar refractivity (Wildman–Crippen MR) is 74.9 cm³/mol. The van der Waals surface area contributed by atoms with Gasteiger partial charge in [0, 0.05) is 12.1 Å². The molecule has 2 atom stereocenters. The fraction of sp³-hybridized carbons (Fsp3) is 0.333. The van der Waals surface area contributed by atoms with E-state index in [9.17, 15) is 4.79 Å². The van der Waals surface area contributed by atoms with Crippen LogP contribution in [-0.2, 0) is 16.1 Å². The van der Waals surface area contributed by atoms with Crippen LogP contribution in [0.5, 0.6) is 0 Å². The fourth-order valence-corrected chi connectivity index (χ4v) is 2.35. The van der Waals surface area contributed by atoms with Crippen LogP contribution in [0.3, 0.4) is 0 Å². The van der Waals surface area contributed by atoms with Crippen LogP contribution in [0.2, 0.25) is 0 Å². The summed E-state index contributed by atoms with van der Waals surface area (Å²) in [5.41, 5.74) is 7.86. The molecule has 110 valence electrons. The largest absolute Gasteiger partial charge is 0.458 e. The number of hydrogen-bond acceptors (Lipinski definition) is 6. The molecule has 0 bridgehead atoms. The van der Waals surface area contributed by atoms with Crippen LogP contribution in [-0.4, -0.2) is 17.2 Å². The van der Waals surface area contributed by atoms with Crippen molar-refractivity contribution in [1.82, 2.24) is 16.0 Å². The van der Waals surface area contributed by atoms with Crippen LogP contribution < -0.4 is 10.9 Å². The highest BCUT2D eigenvalue weighted by Crippen LogP contribution is 2.22. The molecule has 6 heteroatoms. The molecule has 2 heterocycles. The van der Waals surface area contributed by atoms with Crippen molar-refractivity contribution in [1.29, 1.82) is 0 Å². The van der Waals surface area contributed by atoms with Crippen molar-refractivity contribution in [2.75, 3.05) is 0 Å². The van der Waals surface area contributed by atoms with E-state index in [4.69, 9.17) is 9.26 Å². The van der Waals surface area contributed by atoms with Crippen molar-refractivity contribution in [3.05, 3.63) is 53.4 Å². The Bertz CT molecular complexity index is 612. The molecule has 1 fully saturated rings. The quantitative estimate of drug-likeness (QED) is 0.832. The Morgan fingerprint density at radius 2 is 2.19 bits per heavy atom. The Labute approximate surface area is 122 Å². The van der Waals surface area contributed by atoms with Crippen LogP contribution >= 0.6 is 0 Å². The summed E-state index contributed by atoms with van der Waals surface area (Å²) in [6, 6.07) is 11.5. The van der Waals surface area contributed by atoms with Crippen LogP contribution in [0.15, 0.2) is 40.9 Å². The van der Waals surface area contributed by atoms with Gasteiger partial charge in [0.25, 0.3) is 0 Å². The number of esters is 1. The second kappa shape index (κ2) is 6.07. The average Bonchev–Trinajstić information content (AvgIpc) is 3.15. The lowest BCUT2D eigenvalue weighted by Crippen LogP contribution is -2.37. The molecule has 0 aliphatic carbocycles. The van der Waals surface area contributed by atoms with Gasteiger partial charge in [-0.15, -0.1) is 0 Å². The minimum atomic E-state index is -0.358. The van der Waals surface area contributed by atoms with E-state index in [0.717, 1.165) is 5.56 Å². The van der Waals surface area contributed by atoms with Crippen molar-refractivity contribution < 1.29 is 14.1 Å². The molecule has 2 N–H and O–H groups in total. The number of rotatable bonds is 4. The van der Waals surface area contributed by atoms with Gasteiger partial charge in [0.15, 0.2) is 0 Å². The maximum atomic E-state index is 12.0. The standard InChI is InChI=1S/C15H17N3O3/c1-10-7-12(18-21-10)9-20-15(19)14-8-13(16-17-14)11-5-3-2-4-6-11/h2-7,13-14,16-17H,8-9H2,1H3. The summed E-state index contributed by atoms with van der Waals surface area (Å²) in [5.74, 6) is 0.410. The van der Waals surface area contributed by atoms with Gasteiger partial charge in [-0.1, -0.05) is 35.5 Å². The Balaban J connectivity index is 1.52. The highest BCUT2D eigenvalue weighted by atomic mass is 16.5. The number of carbonyl (C=O) groups excluding carboxylic acids is 1. The zero-order chi connectivity index (χ0) is 14.7. The van der Waals surface area contributed by atoms with E-state index in [1.165, 1.54) is 0 Å². The van der Waals surface area contributed by atoms with Gasteiger partial charge in [-0.3, -0.25) is 4.79 Å². The molecule has 2 unspecified atom stereocenters. The van der Waals surface area contributed by atoms with E-state index >= 15 is 0 Å². The summed E-state index contributed by atoms with van der Waals surface area (Å²) in [6.07, 6.45) is 0.653. The highest BCUT2D eigenvalue weighted by molar-refractivity contribution is 5.76. The number of aryl methyl sites for hydroxylation is 1. The molecule has 1 aliphatic heterocycles. The number of benzene rings is 1. The van der Waals surface area contributed by atoms with E-state index in [2.05, 4.69) is 16.0 Å². The molecule has 0 amide bonds. The zero-order valence-electron chi connectivity index (χ0n) is 11.7. The van der Waals surface area contributed by atoms with Crippen molar-refractivity contribution >= 4 is 5.97 Å². The van der Waals surface area contributed by atoms with Crippen LogP contribution in [0.1, 0.15) is 29.5 Å². The first-order valence-electron chi connectivity index (χ1n) is 6.87. The molecule has 0 radical (unpaired) electrons. The Morgan fingerprint density at radius 1 is 1.38 bits per heavy atom. The molecular formula is C15H17N3O3. The lowest BCUT2D eigenvalue weighted by Gasteiger charge is -2.09. The van der Waals surface area contributed by atoms with Gasteiger partial charge < -0.3 is 9.26 Å². The first kappa shape index (κ1) is 13.8. The van der Waals surface area contributed by atoms with Gasteiger partial charge >= 0.3 is 5.97 Å². The lowest BCUT2D eigenvalue weighted by molar-refractivity contribution is -0.147. The molecule has 0 saturated carbocycles. The summed E-state index contributed by atoms with van der Waals surface area (Å²) >= 11 is 0. The molecule has 3 rings (SSSR count). The number of carbonyl (C=O) groups is 1. The molecule has 1 aromatic heterocycles. The molecule has 6 nitrogen and oxygen atoms in total. The molecule has 1 aromatic carbocycles. The zero-order valence-corrected chi connectivity index (χ0v) is 11.7. The first-order valence-corrected chi connectivity index (χ1v) is 6.87. The minimum absolute atomic E-state index is 0.109. The summed E-state index contributed by atoms with van der Waals surface area (Å²) in [5, 5.41) is 3.79. The second-order valence-electron chi connectivity index (χ2n) is 5.08. The summed E-state index contributed by atoms with van der Waals surface area (Å²) in [7, 11) is 0. The molecule has 21 heavy (non-hydrogen) atoms. The van der Waals surface area contributed by atoms with E-state index in [0.29, 0.717) is 17.9 Å². The van der Waals surface area contributed by atoms with Gasteiger partial charge in [-0.2, -0.15) is 0 Å². The number of aromatic nitrogens is 1.